The first-order valence-electron chi connectivity index (χ1n) is 9.87. The number of piperidine rings is 1. The Balaban J connectivity index is 1.51. The molecular weight excluding hydrogens is 346 g/mol. The molecule has 1 aromatic rings. The van der Waals surface area contributed by atoms with Crippen molar-refractivity contribution in [1.82, 2.24) is 0 Å². The number of rotatable bonds is 3. The van der Waals surface area contributed by atoms with E-state index < -0.39 is 0 Å². The first-order chi connectivity index (χ1) is 13.7. The Morgan fingerprint density at radius 3 is 2.32 bits per heavy atom. The molecule has 2 fully saturated rings. The molecular formula is C24H23N3O. The molecule has 2 bridgehead atoms. The second-order valence-electron chi connectivity index (χ2n) is 7.61. The van der Waals surface area contributed by atoms with Crippen molar-refractivity contribution in [3.8, 4) is 12.1 Å². The van der Waals surface area contributed by atoms with Gasteiger partial charge in [-0.2, -0.15) is 10.5 Å². The van der Waals surface area contributed by atoms with Gasteiger partial charge in [0.25, 0.3) is 0 Å². The molecule has 0 N–H and O–H groups in total. The number of nitriles is 2. The summed E-state index contributed by atoms with van der Waals surface area (Å²) in [5.41, 5.74) is 3.10. The summed E-state index contributed by atoms with van der Waals surface area (Å²) in [6.45, 7) is 1.81. The van der Waals surface area contributed by atoms with Crippen LogP contribution in [-0.4, -0.2) is 12.1 Å². The van der Waals surface area contributed by atoms with E-state index in [0.29, 0.717) is 17.1 Å². The third-order valence-electron chi connectivity index (χ3n) is 5.77. The van der Waals surface area contributed by atoms with Crippen molar-refractivity contribution in [3.63, 3.8) is 0 Å². The third-order valence-corrected chi connectivity index (χ3v) is 5.77. The van der Waals surface area contributed by atoms with Crippen LogP contribution in [0.3, 0.4) is 0 Å². The van der Waals surface area contributed by atoms with Gasteiger partial charge < -0.3 is 9.64 Å². The zero-order valence-corrected chi connectivity index (χ0v) is 16.1. The predicted octanol–water partition coefficient (Wildman–Crippen LogP) is 5.38. The molecule has 4 heteroatoms. The lowest BCUT2D eigenvalue weighted by atomic mass is 10.0. The maximum Gasteiger partial charge on any atom is 0.137 e. The highest BCUT2D eigenvalue weighted by molar-refractivity contribution is 5.60. The molecule has 0 aromatic heterocycles. The first-order valence-corrected chi connectivity index (χ1v) is 9.87. The number of allylic oxidation sites excluding steroid dienone is 6. The van der Waals surface area contributed by atoms with Gasteiger partial charge in [0, 0.05) is 23.3 Å². The van der Waals surface area contributed by atoms with Gasteiger partial charge in [-0.3, -0.25) is 0 Å². The maximum atomic E-state index is 9.08. The number of ether oxygens (including phenoxy) is 1. The van der Waals surface area contributed by atoms with E-state index in [1.165, 1.54) is 37.8 Å². The van der Waals surface area contributed by atoms with Gasteiger partial charge in [-0.1, -0.05) is 18.2 Å². The van der Waals surface area contributed by atoms with E-state index >= 15 is 0 Å². The predicted molar refractivity (Wildman–Crippen MR) is 110 cm³/mol. The van der Waals surface area contributed by atoms with Gasteiger partial charge in [-0.25, -0.2) is 0 Å². The molecule has 3 aliphatic heterocycles. The summed E-state index contributed by atoms with van der Waals surface area (Å²) in [6.07, 6.45) is 14.0. The van der Waals surface area contributed by atoms with Crippen LogP contribution in [0.4, 0.5) is 5.69 Å². The van der Waals surface area contributed by atoms with Gasteiger partial charge in [0.2, 0.25) is 0 Å². The lowest BCUT2D eigenvalue weighted by Crippen LogP contribution is -2.39. The average Bonchev–Trinajstić information content (AvgIpc) is 2.95. The fraction of sp³-hybridized carbons (Fsp3) is 0.333. The summed E-state index contributed by atoms with van der Waals surface area (Å²) in [5, 5.41) is 18.2. The van der Waals surface area contributed by atoms with E-state index in [4.69, 9.17) is 15.3 Å². The summed E-state index contributed by atoms with van der Waals surface area (Å²) >= 11 is 0. The lowest BCUT2D eigenvalue weighted by molar-refractivity contribution is 0.318. The molecule has 28 heavy (non-hydrogen) atoms. The lowest BCUT2D eigenvalue weighted by Gasteiger charge is -2.36. The summed E-state index contributed by atoms with van der Waals surface area (Å²) < 4.78 is 5.71. The van der Waals surface area contributed by atoms with Crippen LogP contribution < -0.4 is 4.90 Å². The van der Waals surface area contributed by atoms with Crippen LogP contribution in [0.25, 0.3) is 6.08 Å². The van der Waals surface area contributed by atoms with Crippen molar-refractivity contribution < 1.29 is 4.74 Å². The first kappa shape index (κ1) is 18.1. The van der Waals surface area contributed by atoms with Crippen molar-refractivity contribution in [3.05, 3.63) is 70.7 Å². The van der Waals surface area contributed by atoms with Crippen LogP contribution in [0.15, 0.2) is 65.2 Å². The van der Waals surface area contributed by atoms with E-state index in [2.05, 4.69) is 29.2 Å². The van der Waals surface area contributed by atoms with Gasteiger partial charge in [0.15, 0.2) is 0 Å². The number of benzene rings is 1. The molecule has 0 amide bonds. The molecule has 2 atom stereocenters. The zero-order chi connectivity index (χ0) is 19.5. The normalized spacial score (nSPS) is 23.5. The molecule has 0 radical (unpaired) electrons. The minimum absolute atomic E-state index is 0.0917. The summed E-state index contributed by atoms with van der Waals surface area (Å²) in [4.78, 5) is 2.63. The fourth-order valence-electron chi connectivity index (χ4n) is 4.51. The summed E-state index contributed by atoms with van der Waals surface area (Å²) in [6, 6.07) is 14.0. The number of hydrogen-bond donors (Lipinski definition) is 0. The van der Waals surface area contributed by atoms with Gasteiger partial charge in [-0.15, -0.1) is 0 Å². The molecule has 3 heterocycles. The monoisotopic (exact) mass is 369 g/mol. The zero-order valence-electron chi connectivity index (χ0n) is 16.1. The van der Waals surface area contributed by atoms with Gasteiger partial charge in [0.1, 0.15) is 29.2 Å². The van der Waals surface area contributed by atoms with Crippen molar-refractivity contribution in [2.24, 2.45) is 0 Å². The van der Waals surface area contributed by atoms with E-state index in [-0.39, 0.29) is 5.57 Å². The minimum atomic E-state index is 0.0917. The summed E-state index contributed by atoms with van der Waals surface area (Å²) in [5.74, 6) is 1.28. The molecule has 2 saturated heterocycles. The van der Waals surface area contributed by atoms with Crippen LogP contribution in [0, 0.1) is 22.7 Å². The molecule has 3 aliphatic rings. The van der Waals surface area contributed by atoms with Crippen molar-refractivity contribution in [2.75, 3.05) is 4.90 Å². The van der Waals surface area contributed by atoms with Crippen LogP contribution in [0.1, 0.15) is 44.6 Å². The minimum Gasteiger partial charge on any atom is -0.462 e. The molecule has 2 unspecified atom stereocenters. The average molecular weight is 369 g/mol. The highest BCUT2D eigenvalue weighted by Gasteiger charge is 2.36. The Labute approximate surface area is 166 Å². The number of fused-ring (bicyclic) bond motifs is 2. The van der Waals surface area contributed by atoms with Crippen molar-refractivity contribution >= 4 is 11.8 Å². The number of anilines is 1. The van der Waals surface area contributed by atoms with Gasteiger partial charge >= 0.3 is 0 Å². The molecule has 0 saturated carbocycles. The van der Waals surface area contributed by atoms with Crippen LogP contribution >= 0.6 is 0 Å². The van der Waals surface area contributed by atoms with Crippen LogP contribution in [-0.2, 0) is 4.74 Å². The molecule has 1 aromatic carbocycles. The second kappa shape index (κ2) is 7.79. The van der Waals surface area contributed by atoms with E-state index in [1.807, 2.05) is 31.2 Å². The van der Waals surface area contributed by atoms with Gasteiger partial charge in [-0.05, 0) is 75.0 Å². The Morgan fingerprint density at radius 1 is 1.00 bits per heavy atom. The largest absolute Gasteiger partial charge is 0.462 e. The Morgan fingerprint density at radius 2 is 1.68 bits per heavy atom. The van der Waals surface area contributed by atoms with E-state index in [9.17, 15) is 0 Å². The number of hydrogen-bond acceptors (Lipinski definition) is 4. The standard InChI is InChI=1S/C24H23N3O/c1-17-13-19(20(15-25)16-26)14-24(28-17)12-7-18-5-8-23(9-6-18)27-21-3-2-4-22(27)11-10-21/h5-9,12-14,21-22H,2-4,10-11H2,1H3/b12-7+. The van der Waals surface area contributed by atoms with Crippen molar-refractivity contribution in [1.29, 1.82) is 10.5 Å². The van der Waals surface area contributed by atoms with Crippen LogP contribution in [0.2, 0.25) is 0 Å². The Bertz CT molecular complexity index is 935. The molecule has 4 rings (SSSR count). The quantitative estimate of drug-likeness (QED) is 0.671. The smallest absolute Gasteiger partial charge is 0.137 e. The Kier molecular flexibility index (Phi) is 5.04. The highest BCUT2D eigenvalue weighted by Crippen LogP contribution is 2.39. The van der Waals surface area contributed by atoms with E-state index in [1.54, 1.807) is 12.2 Å². The maximum absolute atomic E-state index is 9.08. The topological polar surface area (TPSA) is 60.0 Å². The molecule has 0 spiro atoms. The SMILES string of the molecule is CC1=CC(=C(C#N)C#N)C=C(/C=C/c2ccc(N3C4CCCC3CC4)cc2)O1. The molecule has 140 valence electrons. The third kappa shape index (κ3) is 3.59. The summed E-state index contributed by atoms with van der Waals surface area (Å²) in [7, 11) is 0. The molecule has 4 nitrogen and oxygen atoms in total. The number of nitrogens with zero attached hydrogens (tertiary/aromatic N) is 3. The van der Waals surface area contributed by atoms with E-state index in [0.717, 1.165) is 17.6 Å². The Hall–Kier alpha value is -3.24. The second-order valence-corrected chi connectivity index (χ2v) is 7.61. The fourth-order valence-corrected chi connectivity index (χ4v) is 4.51. The highest BCUT2D eigenvalue weighted by atomic mass is 16.5. The van der Waals surface area contributed by atoms with Gasteiger partial charge in [0.05, 0.1) is 0 Å². The molecule has 0 aliphatic carbocycles. The van der Waals surface area contributed by atoms with Crippen molar-refractivity contribution in [2.45, 2.75) is 51.1 Å². The van der Waals surface area contributed by atoms with Crippen LogP contribution in [0.5, 0.6) is 0 Å².